The number of hydrogen-bond donors (Lipinski definition) is 4. The molecule has 0 saturated heterocycles. The maximum Gasteiger partial charge on any atom is 0.303 e. The fourth-order valence-electron chi connectivity index (χ4n) is 7.24. The maximum absolute atomic E-state index is 12.7. The number of carbonyl (C=O) groups is 2. The third kappa shape index (κ3) is 4.63. The Morgan fingerprint density at radius 3 is 2.14 bits per heavy atom. The lowest BCUT2D eigenvalue weighted by Crippen LogP contribution is -2.74. The van der Waals surface area contributed by atoms with Gasteiger partial charge in [0.25, 0.3) is 0 Å². The molecule has 0 aromatic rings. The first kappa shape index (κ1) is 30.0. The van der Waals surface area contributed by atoms with Crippen molar-refractivity contribution in [2.75, 3.05) is 7.11 Å². The zero-order valence-electron chi connectivity index (χ0n) is 23.3. The van der Waals surface area contributed by atoms with Gasteiger partial charge >= 0.3 is 11.9 Å². The molecule has 37 heavy (non-hydrogen) atoms. The van der Waals surface area contributed by atoms with Crippen LogP contribution in [0.4, 0.5) is 0 Å². The molecule has 2 bridgehead atoms. The molecule has 2 saturated carbocycles. The molecule has 3 aliphatic carbocycles. The number of aliphatic hydroxyl groups is 4. The van der Waals surface area contributed by atoms with Gasteiger partial charge in [-0.05, 0) is 30.9 Å². The van der Waals surface area contributed by atoms with E-state index in [9.17, 15) is 30.0 Å². The second-order valence-electron chi connectivity index (χ2n) is 11.9. The fraction of sp³-hybridized carbons (Fsp3) is 0.852. The van der Waals surface area contributed by atoms with Crippen LogP contribution in [0.25, 0.3) is 0 Å². The number of rotatable bonds is 5. The van der Waals surface area contributed by atoms with E-state index < -0.39 is 83.1 Å². The maximum atomic E-state index is 12.7. The predicted molar refractivity (Wildman–Crippen MR) is 132 cm³/mol. The van der Waals surface area contributed by atoms with E-state index in [0.29, 0.717) is 11.1 Å². The third-order valence-electron chi connectivity index (χ3n) is 9.51. The lowest BCUT2D eigenvalue weighted by atomic mass is 9.46. The van der Waals surface area contributed by atoms with Crippen LogP contribution < -0.4 is 0 Å². The molecule has 212 valence electrons. The molecule has 3 rings (SSSR count). The highest BCUT2D eigenvalue weighted by Crippen LogP contribution is 2.62. The number of ether oxygens (including phenoxy) is 4. The van der Waals surface area contributed by atoms with Crippen molar-refractivity contribution in [3.05, 3.63) is 11.1 Å². The average Bonchev–Trinajstić information content (AvgIpc) is 2.78. The van der Waals surface area contributed by atoms with E-state index in [1.807, 2.05) is 0 Å². The first-order chi connectivity index (χ1) is 16.9. The van der Waals surface area contributed by atoms with Crippen molar-refractivity contribution in [3.63, 3.8) is 0 Å². The van der Waals surface area contributed by atoms with Crippen molar-refractivity contribution in [2.24, 2.45) is 22.7 Å². The van der Waals surface area contributed by atoms with E-state index in [2.05, 4.69) is 0 Å². The van der Waals surface area contributed by atoms with Gasteiger partial charge in [-0.1, -0.05) is 27.7 Å². The Morgan fingerprint density at radius 2 is 1.62 bits per heavy atom. The second kappa shape index (κ2) is 10.2. The highest BCUT2D eigenvalue weighted by molar-refractivity contribution is 5.67. The molecule has 0 unspecified atom stereocenters. The first-order valence-electron chi connectivity index (χ1n) is 12.9. The smallest absolute Gasteiger partial charge is 0.303 e. The molecule has 4 N–H and O–H groups in total. The van der Waals surface area contributed by atoms with Gasteiger partial charge in [-0.15, -0.1) is 0 Å². The highest BCUT2D eigenvalue weighted by Gasteiger charge is 2.70. The normalized spacial score (nSPS) is 44.2. The molecule has 0 radical (unpaired) electrons. The summed E-state index contributed by atoms with van der Waals surface area (Å²) in [5.41, 5.74) is -3.35. The van der Waals surface area contributed by atoms with Gasteiger partial charge in [-0.25, -0.2) is 0 Å². The van der Waals surface area contributed by atoms with Crippen molar-refractivity contribution in [1.29, 1.82) is 0 Å². The Balaban J connectivity index is 2.43. The van der Waals surface area contributed by atoms with Crippen LogP contribution in [0, 0.1) is 22.7 Å². The Bertz CT molecular complexity index is 930. The van der Waals surface area contributed by atoms with Crippen LogP contribution in [0.1, 0.15) is 68.2 Å². The Hall–Kier alpha value is -1.56. The summed E-state index contributed by atoms with van der Waals surface area (Å²) in [6.07, 6.45) is -7.70. The van der Waals surface area contributed by atoms with Crippen LogP contribution in [0.2, 0.25) is 0 Å². The minimum atomic E-state index is -1.76. The highest BCUT2D eigenvalue weighted by atomic mass is 16.7. The SMILES string of the molecule is CO[C@H](C)O[C@H]1[C@@H]2[C@@H](C)[C@@H](O)C[C@H](O)[C@@]2(C)[C@@H](O)[C@H](OC(C)=O)C2=C(C)[C@@H](OC(C)=O)C[C@]1(O)C2(C)C. The molecule has 11 atom stereocenters. The van der Waals surface area contributed by atoms with E-state index in [4.69, 9.17) is 18.9 Å². The van der Waals surface area contributed by atoms with Crippen LogP contribution in [0.3, 0.4) is 0 Å². The van der Waals surface area contributed by atoms with Crippen LogP contribution in [0.15, 0.2) is 11.1 Å². The number of hydrogen-bond acceptors (Lipinski definition) is 10. The van der Waals surface area contributed by atoms with Gasteiger partial charge in [-0.2, -0.15) is 0 Å². The van der Waals surface area contributed by atoms with Crippen LogP contribution in [0.5, 0.6) is 0 Å². The molecule has 10 heteroatoms. The molecule has 0 spiro atoms. The molecular formula is C27H44O10. The van der Waals surface area contributed by atoms with Crippen molar-refractivity contribution in [1.82, 2.24) is 0 Å². The summed E-state index contributed by atoms with van der Waals surface area (Å²) >= 11 is 0. The minimum Gasteiger partial charge on any atom is -0.458 e. The van der Waals surface area contributed by atoms with Crippen molar-refractivity contribution < 1.29 is 49.0 Å². The van der Waals surface area contributed by atoms with Gasteiger partial charge in [-0.3, -0.25) is 9.59 Å². The number of aliphatic hydroxyl groups excluding tert-OH is 3. The molecule has 0 amide bonds. The molecule has 0 aliphatic heterocycles. The van der Waals surface area contributed by atoms with Gasteiger partial charge < -0.3 is 39.4 Å². The number of methoxy groups -OCH3 is 1. The third-order valence-corrected chi connectivity index (χ3v) is 9.51. The van der Waals surface area contributed by atoms with E-state index in [-0.39, 0.29) is 12.8 Å². The number of fused-ring (bicyclic) bond motifs is 3. The Morgan fingerprint density at radius 1 is 1.05 bits per heavy atom. The number of carbonyl (C=O) groups excluding carboxylic acids is 2. The standard InChI is InChI=1S/C27H44O10/c1-12-17(30)10-19(31)26(8)21(12)24(37-16(5)34-9)27(33)11-18(35-14(3)28)13(2)20(25(27,6)7)22(23(26)32)36-15(4)29/h12,16-19,21-24,30-33H,10-11H2,1-9H3/t12-,16-,17-,18-,19-,21-,22+,23-,24-,26+,27+/m0/s1. The summed E-state index contributed by atoms with van der Waals surface area (Å²) < 4.78 is 23.2. The number of esters is 2. The van der Waals surface area contributed by atoms with Gasteiger partial charge in [0.15, 0.2) is 12.4 Å². The van der Waals surface area contributed by atoms with Crippen molar-refractivity contribution in [2.45, 2.75) is 117 Å². The van der Waals surface area contributed by atoms with Crippen LogP contribution in [-0.2, 0) is 28.5 Å². The fourth-order valence-corrected chi connectivity index (χ4v) is 7.24. The predicted octanol–water partition coefficient (Wildman–Crippen LogP) is 1.46. The quantitative estimate of drug-likeness (QED) is 0.234. The summed E-state index contributed by atoms with van der Waals surface area (Å²) in [5.74, 6) is -2.58. The minimum absolute atomic E-state index is 0.0134. The first-order valence-corrected chi connectivity index (χ1v) is 12.9. The summed E-state index contributed by atoms with van der Waals surface area (Å²) in [4.78, 5) is 24.4. The van der Waals surface area contributed by atoms with E-state index in [1.54, 1.807) is 41.5 Å². The molecule has 2 fully saturated rings. The van der Waals surface area contributed by atoms with Crippen molar-refractivity contribution >= 4 is 11.9 Å². The summed E-state index contributed by atoms with van der Waals surface area (Å²) in [5, 5.41) is 47.1. The van der Waals surface area contributed by atoms with Gasteiger partial charge in [0, 0.05) is 50.5 Å². The zero-order chi connectivity index (χ0) is 28.2. The lowest BCUT2D eigenvalue weighted by Gasteiger charge is -2.64. The van der Waals surface area contributed by atoms with Gasteiger partial charge in [0.2, 0.25) is 0 Å². The molecule has 0 heterocycles. The van der Waals surface area contributed by atoms with Crippen molar-refractivity contribution in [3.8, 4) is 0 Å². The monoisotopic (exact) mass is 528 g/mol. The molecular weight excluding hydrogens is 484 g/mol. The summed E-state index contributed by atoms with van der Waals surface area (Å²) in [7, 11) is 1.46. The summed E-state index contributed by atoms with van der Waals surface area (Å²) in [6, 6.07) is 0. The van der Waals surface area contributed by atoms with Gasteiger partial charge in [0.1, 0.15) is 17.8 Å². The molecule has 0 aromatic heterocycles. The average molecular weight is 529 g/mol. The second-order valence-corrected chi connectivity index (χ2v) is 11.9. The molecule has 0 aromatic carbocycles. The molecule has 3 aliphatic rings. The van der Waals surface area contributed by atoms with E-state index >= 15 is 0 Å². The van der Waals surface area contributed by atoms with E-state index in [0.717, 1.165) is 0 Å². The van der Waals surface area contributed by atoms with Crippen LogP contribution >= 0.6 is 0 Å². The topological polar surface area (TPSA) is 152 Å². The lowest BCUT2D eigenvalue weighted by molar-refractivity contribution is -0.305. The molecule has 10 nitrogen and oxygen atoms in total. The zero-order valence-corrected chi connectivity index (χ0v) is 23.3. The van der Waals surface area contributed by atoms with E-state index in [1.165, 1.54) is 21.0 Å². The van der Waals surface area contributed by atoms with Gasteiger partial charge in [0.05, 0.1) is 18.3 Å². The largest absolute Gasteiger partial charge is 0.458 e. The Labute approximate surface area is 218 Å². The Kier molecular flexibility index (Phi) is 8.27. The summed E-state index contributed by atoms with van der Waals surface area (Å²) in [6.45, 7) is 12.9. The van der Waals surface area contributed by atoms with Crippen LogP contribution in [-0.4, -0.2) is 88.0 Å².